The highest BCUT2D eigenvalue weighted by Crippen LogP contribution is 2.36. The summed E-state index contributed by atoms with van der Waals surface area (Å²) in [5, 5.41) is 0.585. The van der Waals surface area contributed by atoms with Crippen LogP contribution in [0.4, 0.5) is 5.13 Å². The highest BCUT2D eigenvalue weighted by Gasteiger charge is 2.15. The summed E-state index contributed by atoms with van der Waals surface area (Å²) in [4.78, 5) is 5.66. The second-order valence-corrected chi connectivity index (χ2v) is 5.80. The van der Waals surface area contributed by atoms with Crippen molar-refractivity contribution in [2.75, 3.05) is 12.8 Å². The van der Waals surface area contributed by atoms with Crippen LogP contribution in [-0.2, 0) is 6.42 Å². The number of nitrogens with two attached hydrogens (primary N) is 1. The van der Waals surface area contributed by atoms with Crippen LogP contribution in [-0.4, -0.2) is 12.1 Å². The first-order valence-electron chi connectivity index (χ1n) is 6.70. The zero-order valence-electron chi connectivity index (χ0n) is 11.7. The van der Waals surface area contributed by atoms with Crippen LogP contribution in [0.1, 0.15) is 10.4 Å². The van der Waals surface area contributed by atoms with E-state index in [0.29, 0.717) is 5.13 Å². The van der Waals surface area contributed by atoms with Crippen LogP contribution in [0.3, 0.4) is 0 Å². The molecule has 0 saturated carbocycles. The number of methoxy groups -OCH3 is 1. The number of hydrogen-bond acceptors (Lipinski definition) is 4. The van der Waals surface area contributed by atoms with Gasteiger partial charge in [-0.3, -0.25) is 0 Å². The lowest BCUT2D eigenvalue weighted by molar-refractivity contribution is 0.416. The summed E-state index contributed by atoms with van der Waals surface area (Å²) >= 11 is 1.53. The molecule has 21 heavy (non-hydrogen) atoms. The Labute approximate surface area is 128 Å². The molecule has 0 atom stereocenters. The molecule has 4 heteroatoms. The SMILES string of the molecule is COc1ccccc1-c1nc(N)sc1Cc1ccccc1. The lowest BCUT2D eigenvalue weighted by Crippen LogP contribution is -1.92. The monoisotopic (exact) mass is 296 g/mol. The van der Waals surface area contributed by atoms with E-state index in [1.54, 1.807) is 7.11 Å². The van der Waals surface area contributed by atoms with Gasteiger partial charge in [-0.15, -0.1) is 11.3 Å². The van der Waals surface area contributed by atoms with Crippen molar-refractivity contribution in [1.82, 2.24) is 4.98 Å². The second kappa shape index (κ2) is 5.97. The minimum Gasteiger partial charge on any atom is -0.496 e. The molecule has 0 amide bonds. The predicted molar refractivity (Wildman–Crippen MR) is 87.8 cm³/mol. The van der Waals surface area contributed by atoms with E-state index < -0.39 is 0 Å². The molecule has 1 aromatic heterocycles. The lowest BCUT2D eigenvalue weighted by atomic mass is 10.1. The molecular formula is C17H16N2OS. The molecule has 3 nitrogen and oxygen atoms in total. The summed E-state index contributed by atoms with van der Waals surface area (Å²) in [6, 6.07) is 18.2. The predicted octanol–water partition coefficient (Wildman–Crippen LogP) is 3.99. The third-order valence-electron chi connectivity index (χ3n) is 3.28. The minimum absolute atomic E-state index is 0.585. The Bertz CT molecular complexity index is 738. The van der Waals surface area contributed by atoms with Gasteiger partial charge in [-0.1, -0.05) is 42.5 Å². The van der Waals surface area contributed by atoms with Crippen LogP contribution in [0.2, 0.25) is 0 Å². The zero-order valence-corrected chi connectivity index (χ0v) is 12.6. The Morgan fingerprint density at radius 3 is 2.52 bits per heavy atom. The first-order valence-corrected chi connectivity index (χ1v) is 7.52. The third-order valence-corrected chi connectivity index (χ3v) is 4.17. The standard InChI is InChI=1S/C17H16N2OS/c1-20-14-10-6-5-9-13(14)16-15(21-17(18)19-16)11-12-7-3-2-4-8-12/h2-10H,11H2,1H3,(H2,18,19). The average Bonchev–Trinajstić information content (AvgIpc) is 2.88. The largest absolute Gasteiger partial charge is 0.496 e. The fourth-order valence-electron chi connectivity index (χ4n) is 2.32. The van der Waals surface area contributed by atoms with Crippen molar-refractivity contribution in [1.29, 1.82) is 0 Å². The van der Waals surface area contributed by atoms with Gasteiger partial charge in [0.2, 0.25) is 0 Å². The van der Waals surface area contributed by atoms with Gasteiger partial charge in [0, 0.05) is 16.9 Å². The maximum Gasteiger partial charge on any atom is 0.180 e. The van der Waals surface area contributed by atoms with Crippen LogP contribution in [0.15, 0.2) is 54.6 Å². The topological polar surface area (TPSA) is 48.1 Å². The summed E-state index contributed by atoms with van der Waals surface area (Å²) in [5.41, 5.74) is 9.08. The molecule has 3 aromatic rings. The molecule has 0 aliphatic heterocycles. The van der Waals surface area contributed by atoms with Gasteiger partial charge in [0.15, 0.2) is 5.13 Å². The van der Waals surface area contributed by atoms with Gasteiger partial charge in [-0.2, -0.15) is 0 Å². The molecule has 0 radical (unpaired) electrons. The number of aromatic nitrogens is 1. The molecule has 1 heterocycles. The number of rotatable bonds is 4. The van der Waals surface area contributed by atoms with E-state index >= 15 is 0 Å². The van der Waals surface area contributed by atoms with Crippen molar-refractivity contribution in [3.63, 3.8) is 0 Å². The van der Waals surface area contributed by atoms with Crippen LogP contribution >= 0.6 is 11.3 Å². The Morgan fingerprint density at radius 1 is 1.05 bits per heavy atom. The molecule has 0 saturated heterocycles. The van der Waals surface area contributed by atoms with E-state index in [1.165, 1.54) is 16.9 Å². The number of nitrogen functional groups attached to an aromatic ring is 1. The van der Waals surface area contributed by atoms with Gasteiger partial charge in [0.1, 0.15) is 5.75 Å². The molecule has 0 aliphatic carbocycles. The number of benzene rings is 2. The van der Waals surface area contributed by atoms with Crippen LogP contribution < -0.4 is 10.5 Å². The van der Waals surface area contributed by atoms with Gasteiger partial charge >= 0.3 is 0 Å². The van der Waals surface area contributed by atoms with Gasteiger partial charge in [0.05, 0.1) is 12.8 Å². The second-order valence-electron chi connectivity index (χ2n) is 4.69. The summed E-state index contributed by atoms with van der Waals surface area (Å²) < 4.78 is 5.44. The number of thiazole rings is 1. The van der Waals surface area contributed by atoms with Crippen molar-refractivity contribution in [3.05, 3.63) is 65.0 Å². The summed E-state index contributed by atoms with van der Waals surface area (Å²) in [6.07, 6.45) is 0.823. The first kappa shape index (κ1) is 13.6. The van der Waals surface area contributed by atoms with Gasteiger partial charge < -0.3 is 10.5 Å². The van der Waals surface area contributed by atoms with Crippen LogP contribution in [0, 0.1) is 0 Å². The summed E-state index contributed by atoms with van der Waals surface area (Å²) in [7, 11) is 1.67. The van der Waals surface area contributed by atoms with Gasteiger partial charge in [0.25, 0.3) is 0 Å². The fourth-order valence-corrected chi connectivity index (χ4v) is 3.20. The van der Waals surface area contributed by atoms with E-state index in [2.05, 4.69) is 17.1 Å². The highest BCUT2D eigenvalue weighted by molar-refractivity contribution is 7.15. The van der Waals surface area contributed by atoms with Crippen LogP contribution in [0.25, 0.3) is 11.3 Å². The van der Waals surface area contributed by atoms with Crippen molar-refractivity contribution in [2.45, 2.75) is 6.42 Å². The van der Waals surface area contributed by atoms with Crippen molar-refractivity contribution < 1.29 is 4.74 Å². The van der Waals surface area contributed by atoms with Crippen molar-refractivity contribution in [3.8, 4) is 17.0 Å². The van der Waals surface area contributed by atoms with E-state index in [-0.39, 0.29) is 0 Å². The molecule has 2 N–H and O–H groups in total. The van der Waals surface area contributed by atoms with E-state index in [4.69, 9.17) is 10.5 Å². The molecule has 106 valence electrons. The maximum absolute atomic E-state index is 5.93. The van der Waals surface area contributed by atoms with Gasteiger partial charge in [-0.05, 0) is 17.7 Å². The molecule has 0 aliphatic rings. The summed E-state index contributed by atoms with van der Waals surface area (Å²) in [6.45, 7) is 0. The van der Waals surface area contributed by atoms with E-state index in [9.17, 15) is 0 Å². The molecule has 0 unspecified atom stereocenters. The Hall–Kier alpha value is -2.33. The minimum atomic E-state index is 0.585. The van der Waals surface area contributed by atoms with Gasteiger partial charge in [-0.25, -0.2) is 4.98 Å². The zero-order chi connectivity index (χ0) is 14.7. The fraction of sp³-hybridized carbons (Fsp3) is 0.118. The van der Waals surface area contributed by atoms with Crippen LogP contribution in [0.5, 0.6) is 5.75 Å². The molecule has 0 fully saturated rings. The Morgan fingerprint density at radius 2 is 1.76 bits per heavy atom. The quantitative estimate of drug-likeness (QED) is 0.792. The van der Waals surface area contributed by atoms with E-state index in [0.717, 1.165) is 28.3 Å². The highest BCUT2D eigenvalue weighted by atomic mass is 32.1. The molecule has 0 spiro atoms. The Balaban J connectivity index is 2.03. The van der Waals surface area contributed by atoms with Crippen molar-refractivity contribution >= 4 is 16.5 Å². The molecule has 3 rings (SSSR count). The molecular weight excluding hydrogens is 280 g/mol. The molecule has 2 aromatic carbocycles. The number of ether oxygens (including phenoxy) is 1. The number of nitrogens with zero attached hydrogens (tertiary/aromatic N) is 1. The average molecular weight is 296 g/mol. The summed E-state index contributed by atoms with van der Waals surface area (Å²) in [5.74, 6) is 0.817. The first-order chi connectivity index (χ1) is 10.3. The molecule has 0 bridgehead atoms. The Kier molecular flexibility index (Phi) is 3.88. The lowest BCUT2D eigenvalue weighted by Gasteiger charge is -2.08. The third kappa shape index (κ3) is 2.90. The number of anilines is 1. The van der Waals surface area contributed by atoms with E-state index in [1.807, 2.05) is 42.5 Å². The normalized spacial score (nSPS) is 10.5. The maximum atomic E-state index is 5.93. The number of hydrogen-bond donors (Lipinski definition) is 1. The smallest absolute Gasteiger partial charge is 0.180 e. The van der Waals surface area contributed by atoms with Crippen molar-refractivity contribution in [2.24, 2.45) is 0 Å². The number of para-hydroxylation sites is 1.